The molecule has 1 heterocycles. The third kappa shape index (κ3) is 4.44. The second kappa shape index (κ2) is 7.31. The molecule has 7 nitrogen and oxygen atoms in total. The van der Waals surface area contributed by atoms with Crippen molar-refractivity contribution >= 4 is 11.9 Å². The number of nitrogen functional groups attached to an aromatic ring is 2. The Morgan fingerprint density at radius 3 is 2.50 bits per heavy atom. The molecule has 0 saturated carbocycles. The molecule has 0 radical (unpaired) electrons. The van der Waals surface area contributed by atoms with Crippen molar-refractivity contribution in [1.29, 1.82) is 0 Å². The fraction of sp³-hybridized carbons (Fsp3) is 0.545. The highest BCUT2D eigenvalue weighted by molar-refractivity contribution is 5.25. The van der Waals surface area contributed by atoms with Crippen LogP contribution in [0.5, 0.6) is 0 Å². The van der Waals surface area contributed by atoms with E-state index in [1.165, 1.54) is 19.3 Å². The zero-order valence-electron chi connectivity index (χ0n) is 10.6. The molecule has 0 aliphatic heterocycles. The van der Waals surface area contributed by atoms with Gasteiger partial charge in [0.25, 0.3) is 5.62 Å². The molecule has 1 rings (SSSR count). The minimum Gasteiger partial charge on any atom is -0.422 e. The van der Waals surface area contributed by atoms with E-state index in [2.05, 4.69) is 28.0 Å². The third-order valence-corrected chi connectivity index (χ3v) is 2.34. The molecule has 0 fully saturated rings. The average molecular weight is 252 g/mol. The molecule has 0 aromatic carbocycles. The molecular weight excluding hydrogens is 232 g/mol. The lowest BCUT2D eigenvalue weighted by Crippen LogP contribution is -2.23. The van der Waals surface area contributed by atoms with Crippen molar-refractivity contribution in [3.8, 4) is 0 Å². The van der Waals surface area contributed by atoms with Gasteiger partial charge in [-0.1, -0.05) is 31.9 Å². The molecule has 0 spiro atoms. The molecule has 0 amide bonds. The third-order valence-electron chi connectivity index (χ3n) is 2.34. The quantitative estimate of drug-likeness (QED) is 0.392. The second-order valence-corrected chi connectivity index (χ2v) is 3.86. The fourth-order valence-corrected chi connectivity index (χ4v) is 1.35. The van der Waals surface area contributed by atoms with Crippen molar-refractivity contribution in [2.24, 2.45) is 4.99 Å². The van der Waals surface area contributed by atoms with E-state index in [-0.39, 0.29) is 17.5 Å². The van der Waals surface area contributed by atoms with E-state index in [1.54, 1.807) is 0 Å². The highest BCUT2D eigenvalue weighted by Crippen LogP contribution is 1.99. The van der Waals surface area contributed by atoms with Crippen molar-refractivity contribution in [2.45, 2.75) is 32.6 Å². The zero-order chi connectivity index (χ0) is 13.4. The average Bonchev–Trinajstić information content (AvgIpc) is 2.34. The summed E-state index contributed by atoms with van der Waals surface area (Å²) >= 11 is 0. The first-order valence-corrected chi connectivity index (χ1v) is 6.02. The van der Waals surface area contributed by atoms with Crippen molar-refractivity contribution < 1.29 is 5.21 Å². The predicted molar refractivity (Wildman–Crippen MR) is 69.7 cm³/mol. The largest absolute Gasteiger partial charge is 0.422 e. The summed E-state index contributed by atoms with van der Waals surface area (Å²) in [5, 5.41) is 9.21. The van der Waals surface area contributed by atoms with Gasteiger partial charge in [0.1, 0.15) is 0 Å². The molecule has 7 heteroatoms. The van der Waals surface area contributed by atoms with Gasteiger partial charge in [-0.2, -0.15) is 9.97 Å². The first-order chi connectivity index (χ1) is 8.65. The molecule has 18 heavy (non-hydrogen) atoms. The monoisotopic (exact) mass is 252 g/mol. The Kier molecular flexibility index (Phi) is 5.69. The van der Waals surface area contributed by atoms with Crippen molar-refractivity contribution in [3.05, 3.63) is 17.8 Å². The number of nitrogens with zero attached hydrogens (tertiary/aromatic N) is 4. The standard InChI is InChI=1S/C11H20N6O/c1-2-3-4-5-6-7-8-14-11-15-9(12)17(18)10(13)16-11/h6-7,18H,2-5,8H2,1H3,(H4,12,13,14,15,16). The Morgan fingerprint density at radius 1 is 1.22 bits per heavy atom. The van der Waals surface area contributed by atoms with E-state index in [4.69, 9.17) is 11.5 Å². The van der Waals surface area contributed by atoms with Crippen molar-refractivity contribution in [2.75, 3.05) is 18.0 Å². The van der Waals surface area contributed by atoms with E-state index < -0.39 is 0 Å². The molecule has 0 saturated heterocycles. The Bertz CT molecular complexity index is 439. The maximum absolute atomic E-state index is 9.21. The normalized spacial score (nSPS) is 10.9. The van der Waals surface area contributed by atoms with Crippen LogP contribution in [0.4, 0.5) is 11.9 Å². The van der Waals surface area contributed by atoms with Gasteiger partial charge in [-0.05, 0) is 12.8 Å². The Labute approximate surface area is 106 Å². The zero-order valence-corrected chi connectivity index (χ0v) is 10.6. The van der Waals surface area contributed by atoms with Crippen LogP contribution in [-0.2, 0) is 0 Å². The van der Waals surface area contributed by atoms with Gasteiger partial charge in [0.2, 0.25) is 11.9 Å². The van der Waals surface area contributed by atoms with Crippen LogP contribution < -0.4 is 17.1 Å². The summed E-state index contributed by atoms with van der Waals surface area (Å²) in [6.07, 6.45) is 8.74. The van der Waals surface area contributed by atoms with Crippen LogP contribution in [0.25, 0.3) is 0 Å². The number of unbranched alkanes of at least 4 members (excludes halogenated alkanes) is 3. The van der Waals surface area contributed by atoms with Crippen LogP contribution in [0.15, 0.2) is 17.1 Å². The van der Waals surface area contributed by atoms with E-state index in [1.807, 2.05) is 6.08 Å². The van der Waals surface area contributed by atoms with Gasteiger partial charge in [0.15, 0.2) is 0 Å². The lowest BCUT2D eigenvalue weighted by atomic mass is 10.2. The number of allylic oxidation sites excluding steroid dienone is 1. The SMILES string of the molecule is CCCCCC=CCN=c1nc(N)n(O)c(N)n1. The van der Waals surface area contributed by atoms with Crippen LogP contribution in [0, 0.1) is 0 Å². The van der Waals surface area contributed by atoms with E-state index in [0.29, 0.717) is 11.3 Å². The summed E-state index contributed by atoms with van der Waals surface area (Å²) in [7, 11) is 0. The summed E-state index contributed by atoms with van der Waals surface area (Å²) in [4.78, 5) is 11.7. The van der Waals surface area contributed by atoms with Gasteiger partial charge in [-0.3, -0.25) is 0 Å². The highest BCUT2D eigenvalue weighted by Gasteiger charge is 2.00. The van der Waals surface area contributed by atoms with Crippen LogP contribution in [0.2, 0.25) is 0 Å². The Morgan fingerprint density at radius 2 is 1.89 bits per heavy atom. The molecule has 0 unspecified atom stereocenters. The van der Waals surface area contributed by atoms with Gasteiger partial charge < -0.3 is 16.7 Å². The van der Waals surface area contributed by atoms with Gasteiger partial charge in [-0.25, -0.2) is 4.99 Å². The summed E-state index contributed by atoms with van der Waals surface area (Å²) in [6, 6.07) is 0. The van der Waals surface area contributed by atoms with E-state index in [9.17, 15) is 5.21 Å². The second-order valence-electron chi connectivity index (χ2n) is 3.86. The van der Waals surface area contributed by atoms with Crippen molar-refractivity contribution in [1.82, 2.24) is 14.7 Å². The van der Waals surface area contributed by atoms with Crippen LogP contribution in [0.3, 0.4) is 0 Å². The smallest absolute Gasteiger partial charge is 0.251 e. The molecular formula is C11H20N6O. The molecule has 0 atom stereocenters. The van der Waals surface area contributed by atoms with Crippen LogP contribution in [0.1, 0.15) is 32.6 Å². The lowest BCUT2D eigenvalue weighted by Gasteiger charge is -2.02. The van der Waals surface area contributed by atoms with Crippen LogP contribution >= 0.6 is 0 Å². The first-order valence-electron chi connectivity index (χ1n) is 6.02. The Hall–Kier alpha value is -2.05. The van der Waals surface area contributed by atoms with Crippen molar-refractivity contribution in [3.63, 3.8) is 0 Å². The molecule has 0 bridgehead atoms. The highest BCUT2D eigenvalue weighted by atomic mass is 16.5. The molecule has 0 aliphatic carbocycles. The van der Waals surface area contributed by atoms with Gasteiger partial charge in [0.05, 0.1) is 6.54 Å². The molecule has 5 N–H and O–H groups in total. The summed E-state index contributed by atoms with van der Waals surface area (Å²) in [5.74, 6) is -0.263. The number of hydrogen-bond acceptors (Lipinski definition) is 6. The predicted octanol–water partition coefficient (Wildman–Crippen LogP) is 0.717. The number of aromatic nitrogens is 3. The maximum atomic E-state index is 9.21. The summed E-state index contributed by atoms with van der Waals surface area (Å²) in [5.41, 5.74) is 11.0. The fourth-order valence-electron chi connectivity index (χ4n) is 1.35. The molecule has 1 aromatic heterocycles. The van der Waals surface area contributed by atoms with E-state index in [0.717, 1.165) is 6.42 Å². The lowest BCUT2D eigenvalue weighted by molar-refractivity contribution is 0.190. The summed E-state index contributed by atoms with van der Waals surface area (Å²) < 4.78 is 0.513. The van der Waals surface area contributed by atoms with E-state index >= 15 is 0 Å². The number of nitrogens with two attached hydrogens (primary N) is 2. The minimum absolute atomic E-state index is 0.131. The molecule has 100 valence electrons. The van der Waals surface area contributed by atoms with Gasteiger partial charge >= 0.3 is 0 Å². The summed E-state index contributed by atoms with van der Waals surface area (Å²) in [6.45, 7) is 2.65. The van der Waals surface area contributed by atoms with Gasteiger partial charge in [0, 0.05) is 0 Å². The minimum atomic E-state index is -0.131. The number of anilines is 2. The topological polar surface area (TPSA) is 115 Å². The first kappa shape index (κ1) is 14.0. The molecule has 1 aromatic rings. The Balaban J connectivity index is 2.52. The molecule has 0 aliphatic rings. The number of hydrogen-bond donors (Lipinski definition) is 3. The number of rotatable bonds is 6. The van der Waals surface area contributed by atoms with Crippen LogP contribution in [-0.4, -0.2) is 26.5 Å². The van der Waals surface area contributed by atoms with Gasteiger partial charge in [-0.15, -0.1) is 4.73 Å². The maximum Gasteiger partial charge on any atom is 0.251 e.